The molecule has 4 heteroatoms. The van der Waals surface area contributed by atoms with Crippen LogP contribution in [0, 0.1) is 0 Å². The Morgan fingerprint density at radius 2 is 2.29 bits per heavy atom. The minimum absolute atomic E-state index is 0.0590. The van der Waals surface area contributed by atoms with Crippen molar-refractivity contribution in [3.05, 3.63) is 29.8 Å². The van der Waals surface area contributed by atoms with Gasteiger partial charge in [-0.3, -0.25) is 4.79 Å². The molecular formula is C13H20N2O2. The van der Waals surface area contributed by atoms with Crippen LogP contribution in [-0.4, -0.2) is 19.1 Å². The Hall–Kier alpha value is -1.55. The van der Waals surface area contributed by atoms with Gasteiger partial charge in [-0.1, -0.05) is 19.1 Å². The van der Waals surface area contributed by atoms with Crippen molar-refractivity contribution in [3.8, 4) is 0 Å². The molecule has 0 aliphatic rings. The van der Waals surface area contributed by atoms with Crippen molar-refractivity contribution < 1.29 is 9.53 Å². The number of nitrogens with two attached hydrogens (primary N) is 1. The maximum atomic E-state index is 11.5. The van der Waals surface area contributed by atoms with Crippen molar-refractivity contribution in [3.63, 3.8) is 0 Å². The summed E-state index contributed by atoms with van der Waals surface area (Å²) in [5.41, 5.74) is 7.38. The summed E-state index contributed by atoms with van der Waals surface area (Å²) in [6.07, 6.45) is 0.915. The van der Waals surface area contributed by atoms with Crippen LogP contribution in [0.2, 0.25) is 0 Å². The number of benzene rings is 1. The highest BCUT2D eigenvalue weighted by molar-refractivity contribution is 5.77. The molecule has 0 aromatic heterocycles. The Bertz CT molecular complexity index is 366. The third-order valence-electron chi connectivity index (χ3n) is 2.37. The van der Waals surface area contributed by atoms with Gasteiger partial charge in [0.1, 0.15) is 6.61 Å². The summed E-state index contributed by atoms with van der Waals surface area (Å²) in [4.78, 5) is 11.5. The lowest BCUT2D eigenvalue weighted by molar-refractivity contribution is -0.126. The van der Waals surface area contributed by atoms with Gasteiger partial charge in [0.15, 0.2) is 0 Å². The number of amides is 1. The molecule has 17 heavy (non-hydrogen) atoms. The van der Waals surface area contributed by atoms with Gasteiger partial charge in [0.2, 0.25) is 5.91 Å². The van der Waals surface area contributed by atoms with E-state index in [1.54, 1.807) is 0 Å². The largest absolute Gasteiger partial charge is 0.399 e. The van der Waals surface area contributed by atoms with Crippen LogP contribution in [0.25, 0.3) is 0 Å². The molecule has 1 aromatic rings. The normalized spacial score (nSPS) is 12.1. The van der Waals surface area contributed by atoms with E-state index in [1.165, 1.54) is 0 Å². The van der Waals surface area contributed by atoms with E-state index in [-0.39, 0.29) is 18.6 Å². The number of hydrogen-bond donors (Lipinski definition) is 2. The molecule has 0 heterocycles. The molecule has 1 aromatic carbocycles. The highest BCUT2D eigenvalue weighted by atomic mass is 16.5. The topological polar surface area (TPSA) is 64.3 Å². The first-order chi connectivity index (χ1) is 8.13. The van der Waals surface area contributed by atoms with Crippen LogP contribution >= 0.6 is 0 Å². The van der Waals surface area contributed by atoms with Crippen molar-refractivity contribution in [2.45, 2.75) is 26.3 Å². The van der Waals surface area contributed by atoms with E-state index in [0.29, 0.717) is 12.3 Å². The van der Waals surface area contributed by atoms with Crippen LogP contribution in [0.15, 0.2) is 24.3 Å². The number of carbonyl (C=O) groups excluding carboxylic acids is 1. The zero-order chi connectivity index (χ0) is 12.7. The van der Waals surface area contributed by atoms with Crippen molar-refractivity contribution >= 4 is 11.6 Å². The minimum atomic E-state index is -0.103. The van der Waals surface area contributed by atoms with Crippen molar-refractivity contribution in [1.82, 2.24) is 5.32 Å². The first-order valence-electron chi connectivity index (χ1n) is 5.86. The summed E-state index contributed by atoms with van der Waals surface area (Å²) in [5, 5.41) is 2.86. The first-order valence-corrected chi connectivity index (χ1v) is 5.86. The second-order valence-corrected chi connectivity index (χ2v) is 4.01. The number of nitrogen functional groups attached to an aromatic ring is 1. The molecule has 0 bridgehead atoms. The van der Waals surface area contributed by atoms with Gasteiger partial charge in [0.25, 0.3) is 0 Å². The number of hydrogen-bond acceptors (Lipinski definition) is 3. The SMILES string of the molecule is CCCOCC(=O)NC(C)c1cccc(N)c1. The lowest BCUT2D eigenvalue weighted by atomic mass is 10.1. The summed E-state index contributed by atoms with van der Waals surface area (Å²) in [6.45, 7) is 4.65. The fourth-order valence-corrected chi connectivity index (χ4v) is 1.50. The molecule has 0 radical (unpaired) electrons. The molecule has 0 fully saturated rings. The fourth-order valence-electron chi connectivity index (χ4n) is 1.50. The lowest BCUT2D eigenvalue weighted by Gasteiger charge is -2.14. The van der Waals surface area contributed by atoms with Crippen LogP contribution in [0.5, 0.6) is 0 Å². The molecule has 3 N–H and O–H groups in total. The second-order valence-electron chi connectivity index (χ2n) is 4.01. The fraction of sp³-hybridized carbons (Fsp3) is 0.462. The number of ether oxygens (including phenoxy) is 1. The zero-order valence-electron chi connectivity index (χ0n) is 10.4. The van der Waals surface area contributed by atoms with Crippen molar-refractivity contribution in [1.29, 1.82) is 0 Å². The van der Waals surface area contributed by atoms with E-state index in [2.05, 4.69) is 5.32 Å². The summed E-state index contributed by atoms with van der Waals surface area (Å²) in [7, 11) is 0. The van der Waals surface area contributed by atoms with E-state index >= 15 is 0 Å². The molecule has 0 aliphatic heterocycles. The Kier molecular flexibility index (Phi) is 5.49. The predicted molar refractivity (Wildman–Crippen MR) is 68.5 cm³/mol. The number of rotatable bonds is 6. The molecule has 1 unspecified atom stereocenters. The Morgan fingerprint density at radius 1 is 1.53 bits per heavy atom. The van der Waals surface area contributed by atoms with Gasteiger partial charge in [0.05, 0.1) is 6.04 Å². The Labute approximate surface area is 102 Å². The molecule has 1 atom stereocenters. The average molecular weight is 236 g/mol. The molecule has 0 saturated heterocycles. The maximum Gasteiger partial charge on any atom is 0.246 e. The molecule has 0 spiro atoms. The van der Waals surface area contributed by atoms with Gasteiger partial charge in [-0.2, -0.15) is 0 Å². The molecule has 0 saturated carbocycles. The summed E-state index contributed by atoms with van der Waals surface area (Å²) >= 11 is 0. The molecule has 1 amide bonds. The monoisotopic (exact) mass is 236 g/mol. The third-order valence-corrected chi connectivity index (χ3v) is 2.37. The number of nitrogens with one attached hydrogen (secondary N) is 1. The Balaban J connectivity index is 2.43. The van der Waals surface area contributed by atoms with Crippen LogP contribution < -0.4 is 11.1 Å². The highest BCUT2D eigenvalue weighted by Crippen LogP contribution is 2.14. The second kappa shape index (κ2) is 6.91. The zero-order valence-corrected chi connectivity index (χ0v) is 10.4. The van der Waals surface area contributed by atoms with Crippen LogP contribution in [0.1, 0.15) is 31.9 Å². The van der Waals surface area contributed by atoms with Gasteiger partial charge < -0.3 is 15.8 Å². The standard InChI is InChI=1S/C13H20N2O2/c1-3-7-17-9-13(16)15-10(2)11-5-4-6-12(14)8-11/h4-6,8,10H,3,7,9,14H2,1-2H3,(H,15,16). The Morgan fingerprint density at radius 3 is 2.94 bits per heavy atom. The van der Waals surface area contributed by atoms with E-state index in [1.807, 2.05) is 38.1 Å². The molecule has 0 aliphatic carbocycles. The van der Waals surface area contributed by atoms with Gasteiger partial charge >= 0.3 is 0 Å². The smallest absolute Gasteiger partial charge is 0.246 e. The molecule has 1 rings (SSSR count). The average Bonchev–Trinajstić information content (AvgIpc) is 2.29. The predicted octanol–water partition coefficient (Wildman–Crippen LogP) is 1.87. The quantitative estimate of drug-likeness (QED) is 0.585. The molecule has 94 valence electrons. The summed E-state index contributed by atoms with van der Waals surface area (Å²) in [6, 6.07) is 7.44. The third kappa shape index (κ3) is 4.87. The summed E-state index contributed by atoms with van der Waals surface area (Å²) in [5.74, 6) is -0.103. The van der Waals surface area contributed by atoms with E-state index in [9.17, 15) is 4.79 Å². The molecular weight excluding hydrogens is 216 g/mol. The van der Waals surface area contributed by atoms with Gasteiger partial charge in [0, 0.05) is 12.3 Å². The van der Waals surface area contributed by atoms with E-state index in [4.69, 9.17) is 10.5 Å². The van der Waals surface area contributed by atoms with Crippen LogP contribution in [0.4, 0.5) is 5.69 Å². The first kappa shape index (κ1) is 13.5. The van der Waals surface area contributed by atoms with Crippen molar-refractivity contribution in [2.24, 2.45) is 0 Å². The maximum absolute atomic E-state index is 11.5. The van der Waals surface area contributed by atoms with Crippen molar-refractivity contribution in [2.75, 3.05) is 18.9 Å². The van der Waals surface area contributed by atoms with Gasteiger partial charge in [-0.15, -0.1) is 0 Å². The van der Waals surface area contributed by atoms with Crippen LogP contribution in [0.3, 0.4) is 0 Å². The summed E-state index contributed by atoms with van der Waals surface area (Å²) < 4.78 is 5.17. The van der Waals surface area contributed by atoms with E-state index < -0.39 is 0 Å². The lowest BCUT2D eigenvalue weighted by Crippen LogP contribution is -2.30. The van der Waals surface area contributed by atoms with Gasteiger partial charge in [-0.05, 0) is 31.0 Å². The highest BCUT2D eigenvalue weighted by Gasteiger charge is 2.09. The molecule has 4 nitrogen and oxygen atoms in total. The minimum Gasteiger partial charge on any atom is -0.399 e. The van der Waals surface area contributed by atoms with Crippen LogP contribution in [-0.2, 0) is 9.53 Å². The van der Waals surface area contributed by atoms with Gasteiger partial charge in [-0.25, -0.2) is 0 Å². The van der Waals surface area contributed by atoms with E-state index in [0.717, 1.165) is 12.0 Å². The number of carbonyl (C=O) groups is 1. The number of anilines is 1.